The first-order chi connectivity index (χ1) is 25.8. The van der Waals surface area contributed by atoms with Crippen molar-refractivity contribution in [1.82, 2.24) is 29.8 Å². The van der Waals surface area contributed by atoms with E-state index >= 15 is 0 Å². The van der Waals surface area contributed by atoms with Crippen molar-refractivity contribution in [1.29, 1.82) is 0 Å². The maximum absolute atomic E-state index is 14.2. The van der Waals surface area contributed by atoms with E-state index in [1.165, 1.54) is 6.42 Å². The van der Waals surface area contributed by atoms with Crippen molar-refractivity contribution in [3.05, 3.63) is 35.4 Å². The van der Waals surface area contributed by atoms with Crippen LogP contribution in [0.25, 0.3) is 0 Å². The van der Waals surface area contributed by atoms with Crippen LogP contribution in [-0.2, 0) is 23.9 Å². The first-order valence-electron chi connectivity index (χ1n) is 20.7. The number of nitrogens with zero attached hydrogens (tertiary/aromatic N) is 5. The third-order valence-corrected chi connectivity index (χ3v) is 12.8. The van der Waals surface area contributed by atoms with Crippen LogP contribution in [0, 0.1) is 11.8 Å². The van der Waals surface area contributed by atoms with Crippen molar-refractivity contribution in [2.45, 2.75) is 108 Å². The zero-order chi connectivity index (χ0) is 36.7. The molecule has 53 heavy (non-hydrogen) atoms. The van der Waals surface area contributed by atoms with Gasteiger partial charge in [0, 0.05) is 82.8 Å². The van der Waals surface area contributed by atoms with Crippen LogP contribution < -0.4 is 5.32 Å². The van der Waals surface area contributed by atoms with E-state index in [2.05, 4.69) is 16.3 Å². The lowest BCUT2D eigenvalue weighted by atomic mass is 9.83. The molecule has 12 heteroatoms. The Kier molecular flexibility index (Phi) is 12.7. The SMILES string of the molecule is O=CN1CCN(C(=O)CN2CCC(OC3CCN(C(=O)C(NC(=O)c4cccc(C5CCCN(C(=O)C6CC6)C5)c4)C4CCCCC4)CC3)CC2)CC1. The van der Waals surface area contributed by atoms with Gasteiger partial charge in [0.15, 0.2) is 0 Å². The summed E-state index contributed by atoms with van der Waals surface area (Å²) in [6, 6.07) is 7.31. The van der Waals surface area contributed by atoms with E-state index < -0.39 is 6.04 Å². The molecule has 0 radical (unpaired) electrons. The number of carbonyl (C=O) groups is 5. The Balaban J connectivity index is 0.885. The largest absolute Gasteiger partial charge is 0.375 e. The maximum atomic E-state index is 14.2. The number of amides is 5. The number of hydrogen-bond donors (Lipinski definition) is 1. The number of rotatable bonds is 11. The smallest absolute Gasteiger partial charge is 0.251 e. The summed E-state index contributed by atoms with van der Waals surface area (Å²) in [4.78, 5) is 74.4. The molecule has 12 nitrogen and oxygen atoms in total. The molecule has 0 bridgehead atoms. The van der Waals surface area contributed by atoms with E-state index in [-0.39, 0.29) is 47.7 Å². The van der Waals surface area contributed by atoms with Crippen LogP contribution in [0.3, 0.4) is 0 Å². The van der Waals surface area contributed by atoms with Gasteiger partial charge in [0.2, 0.25) is 24.1 Å². The van der Waals surface area contributed by atoms with Crippen LogP contribution in [0.2, 0.25) is 0 Å². The zero-order valence-corrected chi connectivity index (χ0v) is 31.5. The number of nitrogens with one attached hydrogen (secondary N) is 1. The van der Waals surface area contributed by atoms with Gasteiger partial charge < -0.3 is 29.7 Å². The van der Waals surface area contributed by atoms with Gasteiger partial charge >= 0.3 is 0 Å². The predicted molar refractivity (Wildman–Crippen MR) is 200 cm³/mol. The lowest BCUT2D eigenvalue weighted by Gasteiger charge is -2.39. The van der Waals surface area contributed by atoms with Gasteiger partial charge in [-0.25, -0.2) is 0 Å². The number of likely N-dealkylation sites (tertiary alicyclic amines) is 3. The molecule has 2 saturated carbocycles. The third kappa shape index (κ3) is 9.79. The van der Waals surface area contributed by atoms with Crippen LogP contribution in [0.5, 0.6) is 0 Å². The number of piperazine rings is 1. The van der Waals surface area contributed by atoms with Crippen LogP contribution in [0.1, 0.15) is 105 Å². The monoisotopic (exact) mass is 732 g/mol. The molecule has 2 atom stereocenters. The molecule has 4 saturated heterocycles. The summed E-state index contributed by atoms with van der Waals surface area (Å²) in [5.41, 5.74) is 1.68. The third-order valence-electron chi connectivity index (χ3n) is 12.8. The maximum Gasteiger partial charge on any atom is 0.251 e. The molecule has 4 heterocycles. The summed E-state index contributed by atoms with van der Waals surface area (Å²) in [5, 5.41) is 3.23. The number of piperidine rings is 3. The summed E-state index contributed by atoms with van der Waals surface area (Å²) >= 11 is 0. The molecule has 4 aliphatic heterocycles. The molecular formula is C41H60N6O6. The molecule has 1 N–H and O–H groups in total. The van der Waals surface area contributed by atoms with Gasteiger partial charge in [-0.1, -0.05) is 31.4 Å². The van der Waals surface area contributed by atoms with Crippen LogP contribution >= 0.6 is 0 Å². The van der Waals surface area contributed by atoms with E-state index in [0.717, 1.165) is 109 Å². The van der Waals surface area contributed by atoms with E-state index in [0.29, 0.717) is 63.8 Å². The molecule has 1 aromatic carbocycles. The number of carbonyl (C=O) groups excluding carboxylic acids is 5. The van der Waals surface area contributed by atoms with Gasteiger partial charge in [-0.3, -0.25) is 28.9 Å². The highest BCUT2D eigenvalue weighted by atomic mass is 16.5. The van der Waals surface area contributed by atoms with Crippen LogP contribution in [0.4, 0.5) is 0 Å². The minimum absolute atomic E-state index is 0.0342. The standard InChI is InChI=1S/C41H60N6O6/c48-29-44-22-24-45(25-23-44)37(49)28-43-18-13-35(14-19-43)53-36-15-20-46(21-16-36)41(52)38(30-6-2-1-3-7-30)42-39(50)33-9-4-8-32(26-33)34-10-5-17-47(27-34)40(51)31-11-12-31/h4,8-9,26,29-31,34-36,38H,1-3,5-7,10-25,27-28H2,(H,42,50). The molecule has 7 rings (SSSR count). The Bertz CT molecular complexity index is 1440. The first kappa shape index (κ1) is 37.8. The second-order valence-corrected chi connectivity index (χ2v) is 16.5. The van der Waals surface area contributed by atoms with Gasteiger partial charge in [0.1, 0.15) is 6.04 Å². The molecule has 290 valence electrons. The Morgan fingerprint density at radius 3 is 2.11 bits per heavy atom. The van der Waals surface area contributed by atoms with Crippen molar-refractivity contribution in [3.63, 3.8) is 0 Å². The Morgan fingerprint density at radius 1 is 0.736 bits per heavy atom. The fourth-order valence-corrected chi connectivity index (χ4v) is 9.30. The Hall–Kier alpha value is -3.51. The molecule has 0 aromatic heterocycles. The summed E-state index contributed by atoms with van der Waals surface area (Å²) in [6.07, 6.45) is 13.7. The highest BCUT2D eigenvalue weighted by molar-refractivity contribution is 5.98. The normalized spacial score (nSPS) is 24.9. The fraction of sp³-hybridized carbons (Fsp3) is 0.732. The average Bonchev–Trinajstić information content (AvgIpc) is 4.07. The Morgan fingerprint density at radius 2 is 1.43 bits per heavy atom. The zero-order valence-electron chi connectivity index (χ0n) is 31.5. The van der Waals surface area contributed by atoms with Crippen molar-refractivity contribution in [3.8, 4) is 0 Å². The molecule has 6 aliphatic rings. The van der Waals surface area contributed by atoms with E-state index in [1.54, 1.807) is 4.90 Å². The number of hydrogen-bond acceptors (Lipinski definition) is 7. The van der Waals surface area contributed by atoms with Gasteiger partial charge in [-0.05, 0) is 87.8 Å². The van der Waals surface area contributed by atoms with E-state index in [9.17, 15) is 24.0 Å². The molecule has 5 amide bonds. The fourth-order valence-electron chi connectivity index (χ4n) is 9.30. The highest BCUT2D eigenvalue weighted by Crippen LogP contribution is 2.35. The molecule has 2 aliphatic carbocycles. The molecule has 6 fully saturated rings. The van der Waals surface area contributed by atoms with Gasteiger partial charge in [0.25, 0.3) is 5.91 Å². The second-order valence-electron chi connectivity index (χ2n) is 16.5. The van der Waals surface area contributed by atoms with E-state index in [1.807, 2.05) is 32.9 Å². The lowest BCUT2D eigenvalue weighted by molar-refractivity contribution is -0.140. The average molecular weight is 733 g/mol. The lowest BCUT2D eigenvalue weighted by Crippen LogP contribution is -2.55. The van der Waals surface area contributed by atoms with Crippen LogP contribution in [0.15, 0.2) is 24.3 Å². The topological polar surface area (TPSA) is 123 Å². The van der Waals surface area contributed by atoms with Gasteiger partial charge in [-0.15, -0.1) is 0 Å². The minimum atomic E-state index is -0.536. The van der Waals surface area contributed by atoms with Crippen molar-refractivity contribution in [2.75, 3.05) is 72.0 Å². The Labute approximate surface area is 314 Å². The van der Waals surface area contributed by atoms with Crippen LogP contribution in [-0.4, -0.2) is 145 Å². The minimum Gasteiger partial charge on any atom is -0.375 e. The molecule has 1 aromatic rings. The quantitative estimate of drug-likeness (QED) is 0.347. The van der Waals surface area contributed by atoms with Crippen molar-refractivity contribution < 1.29 is 28.7 Å². The summed E-state index contributed by atoms with van der Waals surface area (Å²) < 4.78 is 6.56. The summed E-state index contributed by atoms with van der Waals surface area (Å²) in [6.45, 7) is 7.27. The number of ether oxygens (including phenoxy) is 1. The molecule has 2 unspecified atom stereocenters. The molecule has 0 spiro atoms. The summed E-state index contributed by atoms with van der Waals surface area (Å²) in [5.74, 6) is 0.847. The summed E-state index contributed by atoms with van der Waals surface area (Å²) in [7, 11) is 0. The highest BCUT2D eigenvalue weighted by Gasteiger charge is 2.38. The van der Waals surface area contributed by atoms with E-state index in [4.69, 9.17) is 4.74 Å². The number of benzene rings is 1. The van der Waals surface area contributed by atoms with Crippen molar-refractivity contribution >= 4 is 30.0 Å². The predicted octanol–water partition coefficient (Wildman–Crippen LogP) is 3.25. The molecular weight excluding hydrogens is 672 g/mol. The second kappa shape index (κ2) is 17.8. The van der Waals surface area contributed by atoms with Crippen molar-refractivity contribution in [2.24, 2.45) is 11.8 Å². The van der Waals surface area contributed by atoms with Gasteiger partial charge in [-0.2, -0.15) is 0 Å². The first-order valence-corrected chi connectivity index (χ1v) is 20.7. The van der Waals surface area contributed by atoms with Gasteiger partial charge in [0.05, 0.1) is 18.8 Å².